The Morgan fingerprint density at radius 1 is 0.943 bits per heavy atom. The molecule has 3 heterocycles. The SMILES string of the molecule is N#Cc1ccc(Oc2c(F)cc(COc3ccn4c(-c5cncnc5)cnc4n3)cc2F)cc1F. The van der Waals surface area contributed by atoms with E-state index in [4.69, 9.17) is 14.7 Å². The molecule has 0 saturated heterocycles. The number of fused-ring (bicyclic) bond motifs is 1. The Labute approximate surface area is 195 Å². The van der Waals surface area contributed by atoms with E-state index < -0.39 is 23.2 Å². The van der Waals surface area contributed by atoms with Crippen molar-refractivity contribution in [1.29, 1.82) is 5.26 Å². The van der Waals surface area contributed by atoms with Crippen LogP contribution in [0.15, 0.2) is 67.5 Å². The molecule has 0 spiro atoms. The largest absolute Gasteiger partial charge is 0.473 e. The minimum atomic E-state index is -1.00. The average Bonchev–Trinajstić information content (AvgIpc) is 3.29. The summed E-state index contributed by atoms with van der Waals surface area (Å²) in [7, 11) is 0. The van der Waals surface area contributed by atoms with Gasteiger partial charge in [0.25, 0.3) is 0 Å². The molecular weight excluding hydrogens is 461 g/mol. The van der Waals surface area contributed by atoms with Crippen molar-refractivity contribution in [2.75, 3.05) is 0 Å². The summed E-state index contributed by atoms with van der Waals surface area (Å²) in [5, 5.41) is 8.77. The second-order valence-corrected chi connectivity index (χ2v) is 7.24. The summed E-state index contributed by atoms with van der Waals surface area (Å²) >= 11 is 0. The van der Waals surface area contributed by atoms with Crippen molar-refractivity contribution >= 4 is 5.78 Å². The molecule has 0 aliphatic carbocycles. The third-order valence-electron chi connectivity index (χ3n) is 4.94. The van der Waals surface area contributed by atoms with Crippen molar-refractivity contribution in [3.63, 3.8) is 0 Å². The summed E-state index contributed by atoms with van der Waals surface area (Å²) in [5.41, 5.74) is 1.47. The quantitative estimate of drug-likeness (QED) is 0.347. The monoisotopic (exact) mass is 474 g/mol. The van der Waals surface area contributed by atoms with E-state index in [9.17, 15) is 13.2 Å². The van der Waals surface area contributed by atoms with Crippen molar-refractivity contribution in [3.8, 4) is 34.7 Å². The van der Waals surface area contributed by atoms with Crippen LogP contribution >= 0.6 is 0 Å². The van der Waals surface area contributed by atoms with Gasteiger partial charge in [-0.1, -0.05) is 0 Å². The Bertz CT molecular complexity index is 1560. The fourth-order valence-electron chi connectivity index (χ4n) is 3.30. The van der Waals surface area contributed by atoms with E-state index in [0.717, 1.165) is 35.5 Å². The maximum atomic E-state index is 14.5. The van der Waals surface area contributed by atoms with Gasteiger partial charge in [-0.15, -0.1) is 0 Å². The van der Waals surface area contributed by atoms with Crippen LogP contribution in [0.4, 0.5) is 13.2 Å². The molecule has 5 aromatic rings. The van der Waals surface area contributed by atoms with Gasteiger partial charge in [0.1, 0.15) is 30.6 Å². The van der Waals surface area contributed by atoms with Crippen LogP contribution in [0, 0.1) is 28.8 Å². The van der Waals surface area contributed by atoms with Crippen LogP contribution in [0.2, 0.25) is 0 Å². The van der Waals surface area contributed by atoms with Crippen LogP contribution in [0.5, 0.6) is 17.4 Å². The Morgan fingerprint density at radius 3 is 2.43 bits per heavy atom. The van der Waals surface area contributed by atoms with Crippen molar-refractivity contribution in [2.24, 2.45) is 0 Å². The first kappa shape index (κ1) is 21.8. The van der Waals surface area contributed by atoms with Crippen molar-refractivity contribution in [2.45, 2.75) is 6.61 Å². The molecule has 0 aliphatic rings. The molecule has 0 aliphatic heterocycles. The highest BCUT2D eigenvalue weighted by Gasteiger charge is 2.16. The van der Waals surface area contributed by atoms with Crippen molar-refractivity contribution in [1.82, 2.24) is 24.3 Å². The highest BCUT2D eigenvalue weighted by atomic mass is 19.1. The van der Waals surface area contributed by atoms with E-state index in [-0.39, 0.29) is 29.4 Å². The molecule has 35 heavy (non-hydrogen) atoms. The van der Waals surface area contributed by atoms with E-state index in [1.165, 1.54) is 12.4 Å². The van der Waals surface area contributed by atoms with E-state index in [0.29, 0.717) is 5.78 Å². The first-order valence-corrected chi connectivity index (χ1v) is 10.1. The number of rotatable bonds is 6. The maximum absolute atomic E-state index is 14.5. The molecule has 0 atom stereocenters. The lowest BCUT2D eigenvalue weighted by Crippen LogP contribution is -2.02. The molecule has 0 fully saturated rings. The van der Waals surface area contributed by atoms with E-state index in [2.05, 4.69) is 19.9 Å². The van der Waals surface area contributed by atoms with Crippen LogP contribution in [0.1, 0.15) is 11.1 Å². The Balaban J connectivity index is 1.31. The minimum absolute atomic E-state index is 0.151. The molecular formula is C24H13F3N6O2. The number of hydrogen-bond acceptors (Lipinski definition) is 7. The Morgan fingerprint density at radius 2 is 1.71 bits per heavy atom. The van der Waals surface area contributed by atoms with Gasteiger partial charge in [-0.2, -0.15) is 10.2 Å². The molecule has 11 heteroatoms. The van der Waals surface area contributed by atoms with Crippen LogP contribution in [0.25, 0.3) is 17.0 Å². The molecule has 0 amide bonds. The average molecular weight is 474 g/mol. The lowest BCUT2D eigenvalue weighted by Gasteiger charge is -2.11. The summed E-state index contributed by atoms with van der Waals surface area (Å²) < 4.78 is 55.3. The standard InChI is InChI=1S/C24H13F3N6O2/c25-18-7-17(2-1-15(18)8-28)35-23-19(26)5-14(6-20(23)27)12-34-22-3-4-33-21(11-31-24(33)32-22)16-9-29-13-30-10-16/h1-7,9-11,13H,12H2. The first-order chi connectivity index (χ1) is 17.0. The number of aromatic nitrogens is 5. The first-order valence-electron chi connectivity index (χ1n) is 10.1. The lowest BCUT2D eigenvalue weighted by molar-refractivity contribution is 0.292. The molecule has 5 rings (SSSR count). The van der Waals surface area contributed by atoms with Crippen LogP contribution in [-0.4, -0.2) is 24.3 Å². The second kappa shape index (κ2) is 9.11. The number of nitriles is 1. The fourth-order valence-corrected chi connectivity index (χ4v) is 3.30. The smallest absolute Gasteiger partial charge is 0.237 e. The zero-order chi connectivity index (χ0) is 24.4. The molecule has 8 nitrogen and oxygen atoms in total. The number of benzene rings is 2. The summed E-state index contributed by atoms with van der Waals surface area (Å²) in [6.07, 6.45) is 8.04. The van der Waals surface area contributed by atoms with Gasteiger partial charge in [-0.05, 0) is 29.8 Å². The van der Waals surface area contributed by atoms with Crippen molar-refractivity contribution < 1.29 is 22.6 Å². The predicted molar refractivity (Wildman–Crippen MR) is 116 cm³/mol. The summed E-state index contributed by atoms with van der Waals surface area (Å²) in [5.74, 6) is -3.15. The number of imidazole rings is 1. The van der Waals surface area contributed by atoms with Gasteiger partial charge in [-0.25, -0.2) is 28.1 Å². The topological polar surface area (TPSA) is 98.2 Å². The van der Waals surface area contributed by atoms with Gasteiger partial charge in [-0.3, -0.25) is 4.40 Å². The molecule has 0 radical (unpaired) electrons. The molecule has 2 aromatic carbocycles. The molecule has 0 unspecified atom stereocenters. The minimum Gasteiger partial charge on any atom is -0.473 e. The van der Waals surface area contributed by atoms with Crippen LogP contribution in [-0.2, 0) is 6.61 Å². The van der Waals surface area contributed by atoms with Gasteiger partial charge in [0.05, 0.1) is 17.5 Å². The Hall–Kier alpha value is -4.98. The van der Waals surface area contributed by atoms with Gasteiger partial charge < -0.3 is 9.47 Å². The van der Waals surface area contributed by atoms with Crippen molar-refractivity contribution in [3.05, 3.63) is 96.1 Å². The van der Waals surface area contributed by atoms with E-state index in [1.54, 1.807) is 41.3 Å². The van der Waals surface area contributed by atoms with Crippen LogP contribution < -0.4 is 9.47 Å². The summed E-state index contributed by atoms with van der Waals surface area (Å²) in [4.78, 5) is 16.5. The lowest BCUT2D eigenvalue weighted by atomic mass is 10.2. The van der Waals surface area contributed by atoms with Gasteiger partial charge in [0.2, 0.25) is 11.7 Å². The summed E-state index contributed by atoms with van der Waals surface area (Å²) in [6.45, 7) is -0.178. The summed E-state index contributed by atoms with van der Waals surface area (Å²) in [6, 6.07) is 8.60. The van der Waals surface area contributed by atoms with Gasteiger partial charge in [0.15, 0.2) is 17.4 Å². The highest BCUT2D eigenvalue weighted by Crippen LogP contribution is 2.30. The Kier molecular flexibility index (Phi) is 5.68. The van der Waals surface area contributed by atoms with Gasteiger partial charge >= 0.3 is 0 Å². The van der Waals surface area contributed by atoms with Crippen LogP contribution in [0.3, 0.4) is 0 Å². The molecule has 0 saturated carbocycles. The van der Waals surface area contributed by atoms with E-state index in [1.807, 2.05) is 0 Å². The molecule has 0 bridgehead atoms. The number of nitrogens with zero attached hydrogens (tertiary/aromatic N) is 6. The zero-order valence-electron chi connectivity index (χ0n) is 17.7. The normalized spacial score (nSPS) is 10.8. The zero-order valence-corrected chi connectivity index (χ0v) is 17.7. The third-order valence-corrected chi connectivity index (χ3v) is 4.94. The van der Waals surface area contributed by atoms with Gasteiger partial charge in [0, 0.05) is 36.3 Å². The molecule has 0 N–H and O–H groups in total. The van der Waals surface area contributed by atoms with E-state index >= 15 is 0 Å². The molecule has 172 valence electrons. The molecule has 3 aromatic heterocycles. The number of hydrogen-bond donors (Lipinski definition) is 0. The number of halogens is 3. The third kappa shape index (κ3) is 4.45. The second-order valence-electron chi connectivity index (χ2n) is 7.24. The highest BCUT2D eigenvalue weighted by molar-refractivity contribution is 5.60. The fraction of sp³-hybridized carbons (Fsp3) is 0.0417. The number of ether oxygens (including phenoxy) is 2. The maximum Gasteiger partial charge on any atom is 0.237 e. The predicted octanol–water partition coefficient (Wildman–Crippen LogP) is 4.85.